The van der Waals surface area contributed by atoms with Gasteiger partial charge in [-0.25, -0.2) is 0 Å². The molecule has 0 unspecified atom stereocenters. The van der Waals surface area contributed by atoms with Crippen molar-refractivity contribution in [2.75, 3.05) is 6.54 Å². The van der Waals surface area contributed by atoms with E-state index in [1.165, 1.54) is 0 Å². The van der Waals surface area contributed by atoms with Gasteiger partial charge in [0.15, 0.2) is 0 Å². The number of hydrogen-bond donors (Lipinski definition) is 2. The summed E-state index contributed by atoms with van der Waals surface area (Å²) in [6, 6.07) is 0.273. The monoisotopic (exact) mass is 164 g/mol. The smallest absolute Gasteiger partial charge is 0.237 e. The van der Waals surface area contributed by atoms with Crippen LogP contribution in [0.5, 0.6) is 0 Å². The van der Waals surface area contributed by atoms with Crippen molar-refractivity contribution in [1.29, 1.82) is 0 Å². The van der Waals surface area contributed by atoms with Gasteiger partial charge >= 0.3 is 0 Å². The second-order valence-electron chi connectivity index (χ2n) is 2.54. The number of carbonyl (C=O) groups excluding carboxylic acids is 1. The van der Waals surface area contributed by atoms with Gasteiger partial charge in [0, 0.05) is 12.6 Å². The minimum atomic E-state index is -0.0128. The van der Waals surface area contributed by atoms with E-state index < -0.39 is 0 Å². The molecule has 3 nitrogen and oxygen atoms in total. The van der Waals surface area contributed by atoms with E-state index in [0.29, 0.717) is 0 Å². The molecular weight excluding hydrogens is 152 g/mol. The summed E-state index contributed by atoms with van der Waals surface area (Å²) in [5.74, 6) is 0.105. The van der Waals surface area contributed by atoms with Crippen LogP contribution in [0.25, 0.3) is 0 Å². The highest BCUT2D eigenvalue weighted by Gasteiger charge is 2.19. The van der Waals surface area contributed by atoms with E-state index in [1.807, 2.05) is 13.8 Å². The van der Waals surface area contributed by atoms with Crippen molar-refractivity contribution in [2.24, 2.45) is 0 Å². The quantitative estimate of drug-likeness (QED) is 0.525. The molecule has 1 amide bonds. The summed E-state index contributed by atoms with van der Waals surface area (Å²) in [5.41, 5.74) is 0. The van der Waals surface area contributed by atoms with E-state index in [4.69, 9.17) is 0 Å². The van der Waals surface area contributed by atoms with Crippen molar-refractivity contribution in [3.8, 4) is 0 Å². The van der Waals surface area contributed by atoms with Crippen molar-refractivity contribution in [3.63, 3.8) is 0 Å². The van der Waals surface area contributed by atoms with E-state index >= 15 is 0 Å². The summed E-state index contributed by atoms with van der Waals surface area (Å²) in [7, 11) is 0. The predicted octanol–water partition coefficient (Wildman–Crippen LogP) is -0.0954. The number of amides is 1. The van der Waals surface area contributed by atoms with Crippen LogP contribution in [0.1, 0.15) is 13.8 Å². The molecule has 1 rings (SSSR count). The molecule has 0 aromatic rings. The van der Waals surface area contributed by atoms with Crippen LogP contribution in [0.4, 0.5) is 0 Å². The lowest BCUT2D eigenvalue weighted by molar-refractivity contribution is -0.124. The van der Waals surface area contributed by atoms with Crippen LogP contribution in [0.2, 0.25) is 0 Å². The van der Waals surface area contributed by atoms with Crippen molar-refractivity contribution in [2.45, 2.75) is 25.9 Å². The third kappa shape index (κ3) is 2.15. The average Bonchev–Trinajstić information content (AvgIpc) is 1.80. The normalized spacial score (nSPS) is 32.4. The highest BCUT2D eigenvalue weighted by Crippen LogP contribution is 1.91. The lowest BCUT2D eigenvalue weighted by Gasteiger charge is -2.25. The molecule has 1 aliphatic rings. The molecule has 1 heterocycles. The van der Waals surface area contributed by atoms with E-state index in [-0.39, 0.29) is 30.4 Å². The van der Waals surface area contributed by atoms with Crippen LogP contribution in [-0.2, 0) is 4.79 Å². The van der Waals surface area contributed by atoms with Gasteiger partial charge in [0.05, 0.1) is 6.04 Å². The fourth-order valence-electron chi connectivity index (χ4n) is 0.865. The molecule has 60 valence electrons. The molecule has 4 heteroatoms. The fourth-order valence-corrected chi connectivity index (χ4v) is 0.865. The van der Waals surface area contributed by atoms with Crippen molar-refractivity contribution >= 4 is 18.3 Å². The first-order valence-corrected chi connectivity index (χ1v) is 3.24. The molecule has 0 aromatic heterocycles. The molecule has 1 fully saturated rings. The minimum absolute atomic E-state index is 0. The Kier molecular flexibility index (Phi) is 3.68. The number of hydrogen-bond acceptors (Lipinski definition) is 2. The van der Waals surface area contributed by atoms with E-state index in [1.54, 1.807) is 0 Å². The maximum absolute atomic E-state index is 10.8. The van der Waals surface area contributed by atoms with Crippen molar-refractivity contribution in [1.82, 2.24) is 10.6 Å². The lowest BCUT2D eigenvalue weighted by atomic mass is 10.2. The molecular formula is C6H13ClN2O. The maximum Gasteiger partial charge on any atom is 0.237 e. The first-order valence-electron chi connectivity index (χ1n) is 3.24. The zero-order valence-electron chi connectivity index (χ0n) is 6.18. The van der Waals surface area contributed by atoms with Gasteiger partial charge in [-0.2, -0.15) is 0 Å². The summed E-state index contributed by atoms with van der Waals surface area (Å²) in [4.78, 5) is 10.8. The highest BCUT2D eigenvalue weighted by molar-refractivity contribution is 5.85. The lowest BCUT2D eigenvalue weighted by Crippen LogP contribution is -2.55. The Balaban J connectivity index is 0.000000810. The highest BCUT2D eigenvalue weighted by atomic mass is 35.5. The largest absolute Gasteiger partial charge is 0.351 e. The Labute approximate surface area is 67.0 Å². The summed E-state index contributed by atoms with van der Waals surface area (Å²) in [5, 5.41) is 5.90. The van der Waals surface area contributed by atoms with Crippen LogP contribution in [0.15, 0.2) is 0 Å². The van der Waals surface area contributed by atoms with Gasteiger partial charge in [-0.05, 0) is 13.8 Å². The zero-order valence-corrected chi connectivity index (χ0v) is 6.99. The Hall–Kier alpha value is -0.280. The standard InChI is InChI=1S/C6H12N2O.ClH/c1-4-3-7-5(2)6(9)8-4;/h4-5,7H,3H2,1-2H3,(H,8,9);1H/t4-,5+;/m1./s1. The zero-order chi connectivity index (χ0) is 6.85. The van der Waals surface area contributed by atoms with E-state index in [9.17, 15) is 4.79 Å². The van der Waals surface area contributed by atoms with Gasteiger partial charge in [0.1, 0.15) is 0 Å². The first-order chi connectivity index (χ1) is 4.20. The molecule has 2 atom stereocenters. The van der Waals surface area contributed by atoms with Gasteiger partial charge < -0.3 is 10.6 Å². The second-order valence-corrected chi connectivity index (χ2v) is 2.54. The second kappa shape index (κ2) is 3.78. The molecule has 2 N–H and O–H groups in total. The third-order valence-corrected chi connectivity index (χ3v) is 1.51. The van der Waals surface area contributed by atoms with E-state index in [2.05, 4.69) is 10.6 Å². The topological polar surface area (TPSA) is 41.1 Å². The molecule has 0 bridgehead atoms. The SMILES string of the molecule is C[C@@H]1CN[C@@H](C)C(=O)N1.Cl. The van der Waals surface area contributed by atoms with Crippen molar-refractivity contribution in [3.05, 3.63) is 0 Å². The molecule has 1 aliphatic heterocycles. The van der Waals surface area contributed by atoms with Crippen molar-refractivity contribution < 1.29 is 4.79 Å². The predicted molar refractivity (Wildman–Crippen MR) is 42.3 cm³/mol. The van der Waals surface area contributed by atoms with Crippen LogP contribution >= 0.6 is 12.4 Å². The molecule has 0 spiro atoms. The molecule has 0 aliphatic carbocycles. The molecule has 0 saturated carbocycles. The number of piperazine rings is 1. The molecule has 1 saturated heterocycles. The molecule has 10 heavy (non-hydrogen) atoms. The van der Waals surface area contributed by atoms with Gasteiger partial charge in [0.2, 0.25) is 5.91 Å². The van der Waals surface area contributed by atoms with Crippen LogP contribution in [-0.4, -0.2) is 24.5 Å². The summed E-state index contributed by atoms with van der Waals surface area (Å²) in [6.45, 7) is 4.73. The number of halogens is 1. The maximum atomic E-state index is 10.8. The Morgan fingerprint density at radius 3 is 2.50 bits per heavy atom. The van der Waals surface area contributed by atoms with Gasteiger partial charge in [0.25, 0.3) is 0 Å². The third-order valence-electron chi connectivity index (χ3n) is 1.51. The van der Waals surface area contributed by atoms with Crippen LogP contribution < -0.4 is 10.6 Å². The Morgan fingerprint density at radius 1 is 1.50 bits per heavy atom. The number of rotatable bonds is 0. The summed E-state index contributed by atoms with van der Waals surface area (Å²) >= 11 is 0. The average molecular weight is 165 g/mol. The Bertz CT molecular complexity index is 129. The fraction of sp³-hybridized carbons (Fsp3) is 0.833. The Morgan fingerprint density at radius 2 is 2.10 bits per heavy atom. The van der Waals surface area contributed by atoms with Gasteiger partial charge in [-0.3, -0.25) is 4.79 Å². The summed E-state index contributed by atoms with van der Waals surface area (Å²) in [6.07, 6.45) is 0. The number of nitrogens with one attached hydrogen (secondary N) is 2. The van der Waals surface area contributed by atoms with E-state index in [0.717, 1.165) is 6.54 Å². The molecule has 0 aromatic carbocycles. The summed E-state index contributed by atoms with van der Waals surface area (Å²) < 4.78 is 0. The van der Waals surface area contributed by atoms with Crippen LogP contribution in [0, 0.1) is 0 Å². The molecule has 0 radical (unpaired) electrons. The van der Waals surface area contributed by atoms with Gasteiger partial charge in [-0.1, -0.05) is 0 Å². The van der Waals surface area contributed by atoms with Crippen LogP contribution in [0.3, 0.4) is 0 Å². The minimum Gasteiger partial charge on any atom is -0.351 e. The first kappa shape index (κ1) is 9.72. The number of carbonyl (C=O) groups is 1. The van der Waals surface area contributed by atoms with Gasteiger partial charge in [-0.15, -0.1) is 12.4 Å².